The summed E-state index contributed by atoms with van der Waals surface area (Å²) in [6, 6.07) is 11.1. The molecule has 0 amide bonds. The molecule has 2 rings (SSSR count). The molecule has 0 bridgehead atoms. The van der Waals surface area contributed by atoms with Gasteiger partial charge >= 0.3 is 0 Å². The van der Waals surface area contributed by atoms with Gasteiger partial charge in [0.25, 0.3) is 10.0 Å². The number of benzene rings is 2. The summed E-state index contributed by atoms with van der Waals surface area (Å²) < 4.78 is 26.3. The zero-order valence-corrected chi connectivity index (χ0v) is 12.5. The van der Waals surface area contributed by atoms with Crippen LogP contribution in [0, 0.1) is 13.8 Å². The van der Waals surface area contributed by atoms with Crippen LogP contribution in [0.4, 0.5) is 5.69 Å². The van der Waals surface area contributed by atoms with E-state index in [4.69, 9.17) is 0 Å². The van der Waals surface area contributed by atoms with E-state index >= 15 is 0 Å². The molecule has 0 saturated carbocycles. The van der Waals surface area contributed by atoms with E-state index in [1.54, 1.807) is 6.07 Å². The first-order valence-electron chi connectivity index (χ1n) is 6.17. The van der Waals surface area contributed by atoms with Crippen LogP contribution in [-0.4, -0.2) is 20.6 Å². The summed E-state index contributed by atoms with van der Waals surface area (Å²) in [4.78, 5) is 0.151. The number of anilines is 1. The summed E-state index contributed by atoms with van der Waals surface area (Å²) in [5.41, 5.74) is 2.63. The minimum Gasteiger partial charge on any atom is -0.508 e. The molecule has 0 unspecified atom stereocenters. The van der Waals surface area contributed by atoms with E-state index in [9.17, 15) is 13.5 Å². The van der Waals surface area contributed by atoms with E-state index in [1.807, 2.05) is 26.0 Å². The summed E-state index contributed by atoms with van der Waals surface area (Å²) in [7, 11) is -2.09. The quantitative estimate of drug-likeness (QED) is 0.946. The maximum atomic E-state index is 12.5. The number of rotatable bonds is 3. The van der Waals surface area contributed by atoms with Crippen LogP contribution in [0.25, 0.3) is 0 Å². The molecule has 0 heterocycles. The van der Waals surface area contributed by atoms with Gasteiger partial charge < -0.3 is 5.11 Å². The molecule has 0 atom stereocenters. The normalized spacial score (nSPS) is 11.3. The molecule has 5 heteroatoms. The van der Waals surface area contributed by atoms with Crippen LogP contribution in [0.3, 0.4) is 0 Å². The minimum absolute atomic E-state index is 0.0399. The van der Waals surface area contributed by atoms with E-state index in [2.05, 4.69) is 0 Å². The van der Waals surface area contributed by atoms with Crippen LogP contribution < -0.4 is 4.31 Å². The van der Waals surface area contributed by atoms with Gasteiger partial charge in [-0.2, -0.15) is 0 Å². The van der Waals surface area contributed by atoms with Gasteiger partial charge in [0.15, 0.2) is 0 Å². The molecule has 0 fully saturated rings. The highest BCUT2D eigenvalue weighted by atomic mass is 32.2. The third kappa shape index (κ3) is 2.63. The van der Waals surface area contributed by atoms with Gasteiger partial charge in [0.05, 0.1) is 10.6 Å². The summed E-state index contributed by atoms with van der Waals surface area (Å²) in [5.74, 6) is 0.0399. The molecule has 0 aliphatic rings. The SMILES string of the molecule is Cc1ccc(N(C)S(=O)(=O)c2ccc(O)cc2)c(C)c1. The number of hydrogen-bond acceptors (Lipinski definition) is 3. The monoisotopic (exact) mass is 291 g/mol. The number of hydrogen-bond donors (Lipinski definition) is 1. The van der Waals surface area contributed by atoms with Gasteiger partial charge in [-0.3, -0.25) is 4.31 Å². The fraction of sp³-hybridized carbons (Fsp3) is 0.200. The molecule has 0 spiro atoms. The van der Waals surface area contributed by atoms with Crippen LogP contribution in [0.15, 0.2) is 47.4 Å². The van der Waals surface area contributed by atoms with Crippen LogP contribution >= 0.6 is 0 Å². The van der Waals surface area contributed by atoms with Gasteiger partial charge in [-0.15, -0.1) is 0 Å². The highest BCUT2D eigenvalue weighted by molar-refractivity contribution is 7.92. The number of sulfonamides is 1. The lowest BCUT2D eigenvalue weighted by Crippen LogP contribution is -2.27. The fourth-order valence-electron chi connectivity index (χ4n) is 2.06. The highest BCUT2D eigenvalue weighted by Crippen LogP contribution is 2.26. The molecule has 1 N–H and O–H groups in total. The van der Waals surface area contributed by atoms with Gasteiger partial charge in [0, 0.05) is 7.05 Å². The maximum absolute atomic E-state index is 12.5. The molecule has 106 valence electrons. The zero-order valence-electron chi connectivity index (χ0n) is 11.7. The zero-order chi connectivity index (χ0) is 14.9. The van der Waals surface area contributed by atoms with Gasteiger partial charge in [-0.1, -0.05) is 17.7 Å². The van der Waals surface area contributed by atoms with Crippen molar-refractivity contribution >= 4 is 15.7 Å². The summed E-state index contributed by atoms with van der Waals surface area (Å²) >= 11 is 0. The van der Waals surface area contributed by atoms with Crippen LogP contribution in [0.1, 0.15) is 11.1 Å². The molecule has 4 nitrogen and oxygen atoms in total. The van der Waals surface area contributed by atoms with Crippen LogP contribution in [-0.2, 0) is 10.0 Å². The predicted molar refractivity (Wildman–Crippen MR) is 79.6 cm³/mol. The Bertz CT molecular complexity index is 721. The van der Waals surface area contributed by atoms with E-state index in [1.165, 1.54) is 35.6 Å². The molecular formula is C15H17NO3S. The van der Waals surface area contributed by atoms with Crippen molar-refractivity contribution in [2.45, 2.75) is 18.7 Å². The predicted octanol–water partition coefficient (Wildman–Crippen LogP) is 2.83. The number of nitrogens with zero attached hydrogens (tertiary/aromatic N) is 1. The van der Waals surface area contributed by atoms with Crippen molar-refractivity contribution in [3.8, 4) is 5.75 Å². The van der Waals surface area contributed by atoms with Crippen molar-refractivity contribution in [1.29, 1.82) is 0 Å². The Morgan fingerprint density at radius 1 is 1.00 bits per heavy atom. The molecule has 2 aromatic carbocycles. The van der Waals surface area contributed by atoms with E-state index in [-0.39, 0.29) is 10.6 Å². The van der Waals surface area contributed by atoms with Gasteiger partial charge in [0.2, 0.25) is 0 Å². The van der Waals surface area contributed by atoms with Crippen molar-refractivity contribution in [2.75, 3.05) is 11.4 Å². The largest absolute Gasteiger partial charge is 0.508 e. The average molecular weight is 291 g/mol. The number of aromatic hydroxyl groups is 1. The van der Waals surface area contributed by atoms with Crippen molar-refractivity contribution in [3.63, 3.8) is 0 Å². The summed E-state index contributed by atoms with van der Waals surface area (Å²) in [6.07, 6.45) is 0. The number of phenolic OH excluding ortho intramolecular Hbond substituents is 1. The van der Waals surface area contributed by atoms with Crippen molar-refractivity contribution in [1.82, 2.24) is 0 Å². The smallest absolute Gasteiger partial charge is 0.264 e. The summed E-state index contributed by atoms with van der Waals surface area (Å²) in [6.45, 7) is 3.84. The Balaban J connectivity index is 2.45. The lowest BCUT2D eigenvalue weighted by molar-refractivity contribution is 0.475. The lowest BCUT2D eigenvalue weighted by atomic mass is 10.1. The maximum Gasteiger partial charge on any atom is 0.264 e. The van der Waals surface area contributed by atoms with E-state index < -0.39 is 10.0 Å². The second-order valence-electron chi connectivity index (χ2n) is 4.76. The van der Waals surface area contributed by atoms with E-state index in [0.717, 1.165) is 11.1 Å². The second kappa shape index (κ2) is 5.17. The Morgan fingerprint density at radius 2 is 1.60 bits per heavy atom. The number of phenols is 1. The van der Waals surface area contributed by atoms with Crippen LogP contribution in [0.2, 0.25) is 0 Å². The van der Waals surface area contributed by atoms with Gasteiger partial charge in [-0.05, 0) is 49.7 Å². The van der Waals surface area contributed by atoms with Crippen LogP contribution in [0.5, 0.6) is 5.75 Å². The molecule has 20 heavy (non-hydrogen) atoms. The molecule has 0 aliphatic carbocycles. The topological polar surface area (TPSA) is 57.6 Å². The lowest BCUT2D eigenvalue weighted by Gasteiger charge is -2.21. The van der Waals surface area contributed by atoms with Gasteiger partial charge in [-0.25, -0.2) is 8.42 Å². The molecule has 0 aliphatic heterocycles. The Labute approximate surface area is 119 Å². The molecular weight excluding hydrogens is 274 g/mol. The Hall–Kier alpha value is -2.01. The first-order chi connectivity index (χ1) is 9.32. The molecule has 0 saturated heterocycles. The van der Waals surface area contributed by atoms with Crippen molar-refractivity contribution < 1.29 is 13.5 Å². The molecule has 0 radical (unpaired) electrons. The average Bonchev–Trinajstić information content (AvgIpc) is 2.38. The van der Waals surface area contributed by atoms with Crippen molar-refractivity contribution in [2.24, 2.45) is 0 Å². The first-order valence-corrected chi connectivity index (χ1v) is 7.61. The first kappa shape index (κ1) is 14.4. The molecule has 2 aromatic rings. The Morgan fingerprint density at radius 3 is 2.15 bits per heavy atom. The number of aryl methyl sites for hydroxylation is 2. The Kier molecular flexibility index (Phi) is 3.72. The molecule has 0 aromatic heterocycles. The van der Waals surface area contributed by atoms with Crippen molar-refractivity contribution in [3.05, 3.63) is 53.6 Å². The van der Waals surface area contributed by atoms with E-state index in [0.29, 0.717) is 5.69 Å². The third-order valence-electron chi connectivity index (χ3n) is 3.19. The third-order valence-corrected chi connectivity index (χ3v) is 4.97. The highest BCUT2D eigenvalue weighted by Gasteiger charge is 2.22. The standard InChI is InChI=1S/C15H17NO3S/c1-11-4-9-15(12(2)10-11)16(3)20(18,19)14-7-5-13(17)6-8-14/h4-10,17H,1-3H3. The van der Waals surface area contributed by atoms with Gasteiger partial charge in [0.1, 0.15) is 5.75 Å². The summed E-state index contributed by atoms with van der Waals surface area (Å²) in [5, 5.41) is 9.24. The minimum atomic E-state index is -3.62. The second-order valence-corrected chi connectivity index (χ2v) is 6.73. The fourth-order valence-corrected chi connectivity index (χ4v) is 3.32.